The third-order valence-electron chi connectivity index (χ3n) is 4.63. The van der Waals surface area contributed by atoms with E-state index in [1.807, 2.05) is 6.92 Å². The summed E-state index contributed by atoms with van der Waals surface area (Å²) in [7, 11) is 0. The first-order valence-electron chi connectivity index (χ1n) is 9.20. The van der Waals surface area contributed by atoms with Crippen molar-refractivity contribution in [1.29, 1.82) is 0 Å². The number of fused-ring (bicyclic) bond motifs is 1. The number of non-ortho nitro benzene ring substituents is 1. The first-order chi connectivity index (χ1) is 13.9. The lowest BCUT2D eigenvalue weighted by atomic mass is 9.95. The third kappa shape index (κ3) is 4.46. The van der Waals surface area contributed by atoms with Gasteiger partial charge in [0.25, 0.3) is 5.69 Å². The molecule has 0 aliphatic rings. The Labute approximate surface area is 172 Å². The molecule has 1 aromatic heterocycles. The van der Waals surface area contributed by atoms with E-state index in [1.165, 1.54) is 24.4 Å². The van der Waals surface area contributed by atoms with Crippen molar-refractivity contribution in [2.45, 2.75) is 32.2 Å². The highest BCUT2D eigenvalue weighted by Crippen LogP contribution is 2.38. The van der Waals surface area contributed by atoms with Crippen LogP contribution in [0.4, 0.5) is 5.69 Å². The van der Waals surface area contributed by atoms with E-state index < -0.39 is 16.7 Å². The smallest absolute Gasteiger partial charge is 0.279 e. The van der Waals surface area contributed by atoms with Crippen LogP contribution in [-0.2, 0) is 4.79 Å². The summed E-state index contributed by atoms with van der Waals surface area (Å²) >= 11 is 5.96. The van der Waals surface area contributed by atoms with Gasteiger partial charge in [-0.25, -0.2) is 0 Å². The van der Waals surface area contributed by atoms with Crippen molar-refractivity contribution < 1.29 is 14.8 Å². The Morgan fingerprint density at radius 3 is 2.66 bits per heavy atom. The minimum atomic E-state index is -0.853. The van der Waals surface area contributed by atoms with Gasteiger partial charge in [0.05, 0.1) is 21.9 Å². The number of aromatic nitrogens is 1. The molecule has 1 heterocycles. The summed E-state index contributed by atoms with van der Waals surface area (Å²) in [5.74, 6) is -0.697. The minimum Gasteiger partial charge on any atom is -0.871 e. The van der Waals surface area contributed by atoms with Crippen molar-refractivity contribution in [3.63, 3.8) is 0 Å². The number of hydrogen-bond donors (Lipinski definition) is 1. The third-order valence-corrected chi connectivity index (χ3v) is 4.88. The van der Waals surface area contributed by atoms with Gasteiger partial charge in [-0.15, -0.1) is 0 Å². The highest BCUT2D eigenvalue weighted by molar-refractivity contribution is 6.30. The lowest BCUT2D eigenvalue weighted by Gasteiger charge is -2.25. The molecule has 3 rings (SSSR count). The molecule has 0 saturated heterocycles. The number of hydrogen-bond acceptors (Lipinski definition) is 5. The number of nitro benzene ring substituents is 1. The molecule has 1 N–H and O–H groups in total. The standard InChI is InChI=1S/C21H20ClN3O4/c1-2-3-6-18(26)24-19(13-7-9-14(22)10-8-13)16-12-17(25(28)29)15-5-4-11-23-20(15)21(16)27/h4-5,7-12,19,27H,2-3,6H2,1H3,(H,24,26)/p-1/t19-/m0/s1. The summed E-state index contributed by atoms with van der Waals surface area (Å²) in [5.41, 5.74) is 0.457. The average Bonchev–Trinajstić information content (AvgIpc) is 2.72. The van der Waals surface area contributed by atoms with E-state index in [1.54, 1.807) is 24.3 Å². The van der Waals surface area contributed by atoms with Gasteiger partial charge in [0.15, 0.2) is 0 Å². The van der Waals surface area contributed by atoms with Crippen LogP contribution in [0.1, 0.15) is 43.4 Å². The molecule has 0 fully saturated rings. The van der Waals surface area contributed by atoms with Gasteiger partial charge >= 0.3 is 0 Å². The van der Waals surface area contributed by atoms with Gasteiger partial charge < -0.3 is 10.4 Å². The van der Waals surface area contributed by atoms with Crippen molar-refractivity contribution in [3.8, 4) is 5.75 Å². The van der Waals surface area contributed by atoms with Crippen LogP contribution in [0.25, 0.3) is 10.9 Å². The topological polar surface area (TPSA) is 108 Å². The molecule has 0 radical (unpaired) electrons. The second-order valence-corrected chi connectivity index (χ2v) is 7.06. The molecule has 1 atom stereocenters. The van der Waals surface area contributed by atoms with Gasteiger partial charge in [0.1, 0.15) is 0 Å². The number of nitrogens with zero attached hydrogens (tertiary/aromatic N) is 2. The molecule has 8 heteroatoms. The van der Waals surface area contributed by atoms with Crippen LogP contribution in [0.5, 0.6) is 5.75 Å². The van der Waals surface area contributed by atoms with E-state index in [-0.39, 0.29) is 28.1 Å². The van der Waals surface area contributed by atoms with Crippen molar-refractivity contribution in [2.75, 3.05) is 0 Å². The number of carbonyl (C=O) groups is 1. The van der Waals surface area contributed by atoms with Crippen LogP contribution in [0.3, 0.4) is 0 Å². The van der Waals surface area contributed by atoms with Crippen LogP contribution in [0.15, 0.2) is 48.7 Å². The first kappa shape index (κ1) is 20.5. The number of halogens is 1. The highest BCUT2D eigenvalue weighted by atomic mass is 35.5. The molecule has 0 aliphatic carbocycles. The molecular weight excluding hydrogens is 394 g/mol. The quantitative estimate of drug-likeness (QED) is 0.460. The van der Waals surface area contributed by atoms with E-state index in [2.05, 4.69) is 10.3 Å². The molecule has 150 valence electrons. The van der Waals surface area contributed by atoms with Gasteiger partial charge in [0, 0.05) is 23.7 Å². The van der Waals surface area contributed by atoms with E-state index >= 15 is 0 Å². The monoisotopic (exact) mass is 412 g/mol. The summed E-state index contributed by atoms with van der Waals surface area (Å²) in [6.07, 6.45) is 3.25. The van der Waals surface area contributed by atoms with Crippen LogP contribution in [0, 0.1) is 10.1 Å². The summed E-state index contributed by atoms with van der Waals surface area (Å²) in [6, 6.07) is 10.0. The minimum absolute atomic E-state index is 0.00142. The molecule has 0 unspecified atom stereocenters. The average molecular weight is 413 g/mol. The maximum atomic E-state index is 13.1. The van der Waals surface area contributed by atoms with Crippen molar-refractivity contribution in [1.82, 2.24) is 10.3 Å². The molecule has 2 aromatic carbocycles. The number of unbranched alkanes of at least 4 members (excludes halogenated alkanes) is 1. The summed E-state index contributed by atoms with van der Waals surface area (Å²) in [6.45, 7) is 1.97. The molecular formula is C21H19ClN3O4-. The van der Waals surface area contributed by atoms with Crippen LogP contribution >= 0.6 is 11.6 Å². The predicted octanol–water partition coefficient (Wildman–Crippen LogP) is 4.27. The number of pyridine rings is 1. The van der Waals surface area contributed by atoms with Crippen molar-refractivity contribution in [3.05, 3.63) is 74.9 Å². The van der Waals surface area contributed by atoms with E-state index in [0.29, 0.717) is 23.4 Å². The summed E-state index contributed by atoms with van der Waals surface area (Å²) in [4.78, 5) is 27.5. The number of amides is 1. The molecule has 0 aliphatic heterocycles. The molecule has 29 heavy (non-hydrogen) atoms. The highest BCUT2D eigenvalue weighted by Gasteiger charge is 2.23. The first-order valence-corrected chi connectivity index (χ1v) is 9.58. The zero-order valence-corrected chi connectivity index (χ0v) is 16.5. The number of carbonyl (C=O) groups excluding carboxylic acids is 1. The molecule has 1 amide bonds. The van der Waals surface area contributed by atoms with Gasteiger partial charge in [-0.05, 0) is 41.8 Å². The van der Waals surface area contributed by atoms with Gasteiger partial charge in [-0.3, -0.25) is 19.9 Å². The second kappa shape index (κ2) is 8.87. The normalized spacial score (nSPS) is 11.9. The molecule has 7 nitrogen and oxygen atoms in total. The Morgan fingerprint density at radius 2 is 2.00 bits per heavy atom. The predicted molar refractivity (Wildman–Crippen MR) is 109 cm³/mol. The molecule has 3 aromatic rings. The fraction of sp³-hybridized carbons (Fsp3) is 0.238. The van der Waals surface area contributed by atoms with E-state index in [9.17, 15) is 20.0 Å². The Kier molecular flexibility index (Phi) is 6.29. The van der Waals surface area contributed by atoms with Crippen LogP contribution in [-0.4, -0.2) is 15.8 Å². The second-order valence-electron chi connectivity index (χ2n) is 6.63. The fourth-order valence-electron chi connectivity index (χ4n) is 3.15. The maximum absolute atomic E-state index is 13.1. The Balaban J connectivity index is 2.17. The van der Waals surface area contributed by atoms with Gasteiger partial charge in [-0.1, -0.05) is 42.8 Å². The van der Waals surface area contributed by atoms with Crippen LogP contribution < -0.4 is 10.4 Å². The fourth-order valence-corrected chi connectivity index (χ4v) is 3.28. The Hall–Kier alpha value is -3.19. The van der Waals surface area contributed by atoms with Gasteiger partial charge in [0.2, 0.25) is 5.91 Å². The summed E-state index contributed by atoms with van der Waals surface area (Å²) in [5, 5.41) is 28.2. The van der Waals surface area contributed by atoms with Crippen LogP contribution in [0.2, 0.25) is 5.02 Å². The summed E-state index contributed by atoms with van der Waals surface area (Å²) < 4.78 is 0. The Morgan fingerprint density at radius 1 is 1.28 bits per heavy atom. The molecule has 0 saturated carbocycles. The zero-order valence-electron chi connectivity index (χ0n) is 15.7. The largest absolute Gasteiger partial charge is 0.871 e. The molecule has 0 spiro atoms. The van der Waals surface area contributed by atoms with Gasteiger partial charge in [-0.2, -0.15) is 0 Å². The number of nitrogens with one attached hydrogen (secondary N) is 1. The number of benzene rings is 2. The zero-order chi connectivity index (χ0) is 21.0. The lowest BCUT2D eigenvalue weighted by Crippen LogP contribution is -2.30. The molecule has 0 bridgehead atoms. The number of rotatable bonds is 7. The van der Waals surface area contributed by atoms with E-state index in [0.717, 1.165) is 6.42 Å². The van der Waals surface area contributed by atoms with E-state index in [4.69, 9.17) is 11.6 Å². The Bertz CT molecular complexity index is 1050. The van der Waals surface area contributed by atoms with Crippen molar-refractivity contribution in [2.24, 2.45) is 0 Å². The number of nitro groups is 1. The lowest BCUT2D eigenvalue weighted by molar-refractivity contribution is -0.383. The SMILES string of the molecule is CCCCC(=O)N[C@@H](c1ccc(Cl)cc1)c1cc([N+](=O)[O-])c2cccnc2c1[O-]. The maximum Gasteiger partial charge on any atom is 0.279 e. The van der Waals surface area contributed by atoms with Crippen molar-refractivity contribution >= 4 is 34.1 Å².